The van der Waals surface area contributed by atoms with Crippen LogP contribution in [0.1, 0.15) is 18.4 Å². The molecule has 1 unspecified atom stereocenters. The number of anilines is 1. The van der Waals surface area contributed by atoms with Gasteiger partial charge in [-0.05, 0) is 11.6 Å². The predicted molar refractivity (Wildman–Crippen MR) is 45.2 cm³/mol. The quantitative estimate of drug-likeness (QED) is 0.604. The molecule has 0 bridgehead atoms. The number of aliphatic imine (C=N–C) groups is 1. The third-order valence-corrected chi connectivity index (χ3v) is 1.90. The highest BCUT2D eigenvalue weighted by Crippen LogP contribution is 2.34. The summed E-state index contributed by atoms with van der Waals surface area (Å²) < 4.78 is 0. The van der Waals surface area contributed by atoms with E-state index in [1.54, 1.807) is 6.20 Å². The van der Waals surface area contributed by atoms with Crippen LogP contribution in [0.25, 0.3) is 0 Å². The Bertz CT molecular complexity index is 317. The molecule has 2 N–H and O–H groups in total. The van der Waals surface area contributed by atoms with Crippen LogP contribution in [0.3, 0.4) is 0 Å². The summed E-state index contributed by atoms with van der Waals surface area (Å²) in [5.74, 6) is 0.915. The molecule has 0 amide bonds. The molecule has 1 aliphatic rings. The third kappa shape index (κ3) is 0.808. The molecule has 56 valence electrons. The van der Waals surface area contributed by atoms with Crippen molar-refractivity contribution in [1.82, 2.24) is 4.98 Å². The van der Waals surface area contributed by atoms with Crippen LogP contribution in [0.15, 0.2) is 17.3 Å². The zero-order valence-corrected chi connectivity index (χ0v) is 6.28. The normalized spacial score (nSPS) is 20.3. The summed E-state index contributed by atoms with van der Waals surface area (Å²) in [5, 5.41) is 0. The van der Waals surface area contributed by atoms with Crippen LogP contribution in [-0.4, -0.2) is 11.2 Å². The largest absolute Gasteiger partial charge is 0.382 e. The monoisotopic (exact) mass is 147 g/mol. The Hall–Kier alpha value is -1.38. The van der Waals surface area contributed by atoms with Crippen LogP contribution in [-0.2, 0) is 0 Å². The molecule has 1 aliphatic heterocycles. The number of nitrogen functional groups attached to an aromatic ring is 1. The van der Waals surface area contributed by atoms with Crippen molar-refractivity contribution in [2.45, 2.75) is 12.8 Å². The molecule has 1 aromatic heterocycles. The van der Waals surface area contributed by atoms with Gasteiger partial charge in [-0.3, -0.25) is 4.99 Å². The molecule has 0 radical (unpaired) electrons. The first kappa shape index (κ1) is 6.34. The molecule has 0 spiro atoms. The zero-order chi connectivity index (χ0) is 7.84. The van der Waals surface area contributed by atoms with Gasteiger partial charge in [-0.2, -0.15) is 0 Å². The van der Waals surface area contributed by atoms with Crippen molar-refractivity contribution < 1.29 is 0 Å². The van der Waals surface area contributed by atoms with Gasteiger partial charge in [0.2, 0.25) is 0 Å². The first-order valence-corrected chi connectivity index (χ1v) is 3.57. The summed E-state index contributed by atoms with van der Waals surface area (Å²) in [5.41, 5.74) is 7.63. The highest BCUT2D eigenvalue weighted by Gasteiger charge is 2.16. The number of hydrogen-bond acceptors (Lipinski definition) is 3. The van der Waals surface area contributed by atoms with E-state index in [4.69, 9.17) is 5.73 Å². The summed E-state index contributed by atoms with van der Waals surface area (Å²) >= 11 is 0. The lowest BCUT2D eigenvalue weighted by molar-refractivity contribution is 1.07. The Labute approximate surface area is 65.0 Å². The van der Waals surface area contributed by atoms with E-state index in [1.165, 1.54) is 5.56 Å². The number of fused-ring (bicyclic) bond motifs is 1. The smallest absolute Gasteiger partial charge is 0.149 e. The van der Waals surface area contributed by atoms with Gasteiger partial charge < -0.3 is 5.73 Å². The zero-order valence-electron chi connectivity index (χ0n) is 6.28. The van der Waals surface area contributed by atoms with Crippen LogP contribution in [0.4, 0.5) is 11.5 Å². The van der Waals surface area contributed by atoms with E-state index < -0.39 is 0 Å². The summed E-state index contributed by atoms with van der Waals surface area (Å²) in [6, 6.07) is 1.96. The summed E-state index contributed by atoms with van der Waals surface area (Å²) in [6.45, 7) is 2.09. The second-order valence-electron chi connectivity index (χ2n) is 2.70. The van der Waals surface area contributed by atoms with E-state index >= 15 is 0 Å². The molecule has 1 aromatic rings. The van der Waals surface area contributed by atoms with Gasteiger partial charge in [0.15, 0.2) is 0 Å². The minimum absolute atomic E-state index is 0.385. The maximum absolute atomic E-state index is 5.61. The fourth-order valence-corrected chi connectivity index (χ4v) is 1.26. The van der Waals surface area contributed by atoms with Crippen LogP contribution in [0.5, 0.6) is 0 Å². The van der Waals surface area contributed by atoms with Crippen molar-refractivity contribution in [2.24, 2.45) is 4.99 Å². The van der Waals surface area contributed by atoms with Crippen LogP contribution >= 0.6 is 0 Å². The Kier molecular flexibility index (Phi) is 1.18. The Morgan fingerprint density at radius 2 is 2.36 bits per heavy atom. The van der Waals surface area contributed by atoms with Crippen LogP contribution in [0, 0.1) is 0 Å². The van der Waals surface area contributed by atoms with E-state index in [0.29, 0.717) is 11.7 Å². The standard InChI is InChI=1S/C8H9N3/c1-5-4-11-7-6(5)2-3-10-8(7)9/h2-5H,1H3,(H2,9,10). The minimum Gasteiger partial charge on any atom is -0.382 e. The number of aromatic nitrogens is 1. The molecule has 0 fully saturated rings. The van der Waals surface area contributed by atoms with E-state index in [0.717, 1.165) is 5.69 Å². The van der Waals surface area contributed by atoms with Crippen LogP contribution in [0.2, 0.25) is 0 Å². The van der Waals surface area contributed by atoms with E-state index in [9.17, 15) is 0 Å². The first-order valence-electron chi connectivity index (χ1n) is 3.57. The second kappa shape index (κ2) is 2.05. The molecule has 3 heteroatoms. The van der Waals surface area contributed by atoms with Crippen molar-refractivity contribution in [2.75, 3.05) is 5.73 Å². The van der Waals surface area contributed by atoms with Gasteiger partial charge in [0.05, 0.1) is 0 Å². The Balaban J connectivity index is 2.65. The molecule has 0 saturated carbocycles. The molecule has 0 saturated heterocycles. The maximum atomic E-state index is 5.61. The highest BCUT2D eigenvalue weighted by atomic mass is 14.9. The predicted octanol–water partition coefficient (Wildman–Crippen LogP) is 1.48. The number of nitrogens with two attached hydrogens (primary N) is 1. The van der Waals surface area contributed by atoms with Crippen molar-refractivity contribution in [3.63, 3.8) is 0 Å². The molecule has 0 aromatic carbocycles. The Morgan fingerprint density at radius 3 is 3.09 bits per heavy atom. The lowest BCUT2D eigenvalue weighted by Crippen LogP contribution is -1.93. The lowest BCUT2D eigenvalue weighted by Gasteiger charge is -2.02. The highest BCUT2D eigenvalue weighted by molar-refractivity contribution is 5.84. The average molecular weight is 147 g/mol. The van der Waals surface area contributed by atoms with Gasteiger partial charge in [-0.25, -0.2) is 4.98 Å². The van der Waals surface area contributed by atoms with E-state index in [-0.39, 0.29) is 0 Å². The number of hydrogen-bond donors (Lipinski definition) is 1. The molecule has 2 rings (SSSR count). The van der Waals surface area contributed by atoms with Crippen molar-refractivity contribution in [1.29, 1.82) is 0 Å². The topological polar surface area (TPSA) is 51.3 Å². The molecule has 11 heavy (non-hydrogen) atoms. The van der Waals surface area contributed by atoms with Gasteiger partial charge >= 0.3 is 0 Å². The first-order chi connectivity index (χ1) is 5.29. The van der Waals surface area contributed by atoms with Gasteiger partial charge in [0.25, 0.3) is 0 Å². The third-order valence-electron chi connectivity index (χ3n) is 1.90. The van der Waals surface area contributed by atoms with E-state index in [2.05, 4.69) is 16.9 Å². The molecule has 2 heterocycles. The van der Waals surface area contributed by atoms with Gasteiger partial charge in [-0.1, -0.05) is 6.92 Å². The Morgan fingerprint density at radius 1 is 1.55 bits per heavy atom. The van der Waals surface area contributed by atoms with Crippen molar-refractivity contribution in [3.8, 4) is 0 Å². The lowest BCUT2D eigenvalue weighted by atomic mass is 10.1. The second-order valence-corrected chi connectivity index (χ2v) is 2.70. The number of pyridine rings is 1. The molecule has 1 atom stereocenters. The summed E-state index contributed by atoms with van der Waals surface area (Å²) in [6.07, 6.45) is 3.61. The van der Waals surface area contributed by atoms with Gasteiger partial charge in [0.1, 0.15) is 11.5 Å². The molecule has 0 aliphatic carbocycles. The van der Waals surface area contributed by atoms with Gasteiger partial charge in [-0.15, -0.1) is 0 Å². The average Bonchev–Trinajstić information content (AvgIpc) is 2.35. The molecule has 3 nitrogen and oxygen atoms in total. The molecular weight excluding hydrogens is 138 g/mol. The number of rotatable bonds is 0. The van der Waals surface area contributed by atoms with Crippen LogP contribution < -0.4 is 5.73 Å². The maximum Gasteiger partial charge on any atom is 0.149 e. The fraction of sp³-hybridized carbons (Fsp3) is 0.250. The SMILES string of the molecule is CC1C=Nc2c1ccnc2N. The molecular formula is C8H9N3. The number of nitrogens with zero attached hydrogens (tertiary/aromatic N) is 2. The van der Waals surface area contributed by atoms with Gasteiger partial charge in [0, 0.05) is 18.3 Å². The van der Waals surface area contributed by atoms with Crippen molar-refractivity contribution >= 4 is 17.7 Å². The van der Waals surface area contributed by atoms with E-state index in [1.807, 2.05) is 12.3 Å². The minimum atomic E-state index is 0.385. The van der Waals surface area contributed by atoms with Crippen molar-refractivity contribution in [3.05, 3.63) is 17.8 Å². The summed E-state index contributed by atoms with van der Waals surface area (Å²) in [7, 11) is 0. The summed E-state index contributed by atoms with van der Waals surface area (Å²) in [4.78, 5) is 8.12. The fourth-order valence-electron chi connectivity index (χ4n) is 1.26.